The van der Waals surface area contributed by atoms with Gasteiger partial charge >= 0.3 is 0 Å². The van der Waals surface area contributed by atoms with Gasteiger partial charge in [-0.2, -0.15) is 0 Å². The largest absolute Gasteiger partial charge is 0.309 e. The molecule has 0 atom stereocenters. The van der Waals surface area contributed by atoms with Gasteiger partial charge in [0.25, 0.3) is 0 Å². The molecular formula is C17H37N. The lowest BCUT2D eigenvalue weighted by Crippen LogP contribution is -2.47. The van der Waals surface area contributed by atoms with Crippen LogP contribution in [-0.2, 0) is 0 Å². The Morgan fingerprint density at radius 3 is 1.72 bits per heavy atom. The summed E-state index contributed by atoms with van der Waals surface area (Å²) < 4.78 is 0. The van der Waals surface area contributed by atoms with Gasteiger partial charge in [0.05, 0.1) is 0 Å². The van der Waals surface area contributed by atoms with Crippen molar-refractivity contribution in [2.75, 3.05) is 0 Å². The third-order valence-electron chi connectivity index (χ3n) is 4.21. The number of unbranched alkanes of at least 4 members (excludes halogenated alkanes) is 6. The van der Waals surface area contributed by atoms with E-state index in [1.54, 1.807) is 0 Å². The fourth-order valence-electron chi connectivity index (χ4n) is 2.91. The van der Waals surface area contributed by atoms with E-state index in [1.807, 2.05) is 0 Å². The van der Waals surface area contributed by atoms with Crippen LogP contribution in [-0.4, -0.2) is 11.6 Å². The van der Waals surface area contributed by atoms with Crippen LogP contribution in [0.15, 0.2) is 0 Å². The second-order valence-corrected chi connectivity index (χ2v) is 6.16. The first-order chi connectivity index (χ1) is 8.60. The molecule has 0 aliphatic carbocycles. The van der Waals surface area contributed by atoms with E-state index in [-0.39, 0.29) is 0 Å². The van der Waals surface area contributed by atoms with Crippen molar-refractivity contribution in [2.45, 2.75) is 110 Å². The van der Waals surface area contributed by atoms with Gasteiger partial charge in [-0.25, -0.2) is 0 Å². The van der Waals surface area contributed by atoms with Crippen LogP contribution in [0.4, 0.5) is 0 Å². The van der Waals surface area contributed by atoms with Crippen LogP contribution in [0.1, 0.15) is 98.8 Å². The Balaban J connectivity index is 3.76. The maximum atomic E-state index is 3.80. The van der Waals surface area contributed by atoms with Gasteiger partial charge in [0, 0.05) is 11.6 Å². The zero-order chi connectivity index (χ0) is 13.9. The third kappa shape index (κ3) is 8.13. The molecule has 0 amide bonds. The van der Waals surface area contributed by atoms with Crippen molar-refractivity contribution in [2.24, 2.45) is 0 Å². The summed E-state index contributed by atoms with van der Waals surface area (Å²) in [4.78, 5) is 0. The number of rotatable bonds is 12. The van der Waals surface area contributed by atoms with Crippen LogP contribution in [0.5, 0.6) is 0 Å². The fraction of sp³-hybridized carbons (Fsp3) is 1.00. The summed E-state index contributed by atoms with van der Waals surface area (Å²) in [6.07, 6.45) is 13.8. The van der Waals surface area contributed by atoms with Gasteiger partial charge in [0.15, 0.2) is 0 Å². The summed E-state index contributed by atoms with van der Waals surface area (Å²) in [5.74, 6) is 0. The van der Waals surface area contributed by atoms with E-state index in [4.69, 9.17) is 0 Å². The van der Waals surface area contributed by atoms with E-state index in [1.165, 1.54) is 64.2 Å². The molecule has 0 aliphatic heterocycles. The molecule has 0 aromatic heterocycles. The van der Waals surface area contributed by atoms with Crippen molar-refractivity contribution in [3.63, 3.8) is 0 Å². The topological polar surface area (TPSA) is 12.0 Å². The minimum absolute atomic E-state index is 0.400. The molecule has 0 saturated heterocycles. The van der Waals surface area contributed by atoms with Crippen molar-refractivity contribution in [3.05, 3.63) is 0 Å². The third-order valence-corrected chi connectivity index (χ3v) is 4.21. The van der Waals surface area contributed by atoms with Gasteiger partial charge in [-0.3, -0.25) is 0 Å². The lowest BCUT2D eigenvalue weighted by molar-refractivity contribution is 0.250. The van der Waals surface area contributed by atoms with Gasteiger partial charge in [-0.05, 0) is 19.3 Å². The molecule has 0 aromatic carbocycles. The lowest BCUT2D eigenvalue weighted by Gasteiger charge is -2.35. The van der Waals surface area contributed by atoms with Crippen LogP contribution in [0, 0.1) is 0 Å². The highest BCUT2D eigenvalue weighted by Crippen LogP contribution is 2.24. The van der Waals surface area contributed by atoms with Gasteiger partial charge in [0.2, 0.25) is 0 Å². The Morgan fingerprint density at radius 1 is 0.778 bits per heavy atom. The second kappa shape index (κ2) is 10.8. The van der Waals surface area contributed by atoms with E-state index in [2.05, 4.69) is 39.9 Å². The molecular weight excluding hydrogens is 218 g/mol. The average molecular weight is 255 g/mol. The Morgan fingerprint density at radius 2 is 1.28 bits per heavy atom. The van der Waals surface area contributed by atoms with Crippen LogP contribution >= 0.6 is 0 Å². The van der Waals surface area contributed by atoms with Crippen molar-refractivity contribution >= 4 is 0 Å². The van der Waals surface area contributed by atoms with Gasteiger partial charge in [-0.1, -0.05) is 79.6 Å². The molecule has 18 heavy (non-hydrogen) atoms. The highest BCUT2D eigenvalue weighted by molar-refractivity contribution is 4.86. The van der Waals surface area contributed by atoms with Crippen molar-refractivity contribution < 1.29 is 0 Å². The van der Waals surface area contributed by atoms with Crippen LogP contribution < -0.4 is 5.32 Å². The molecule has 0 spiro atoms. The molecule has 1 nitrogen and oxygen atoms in total. The first-order valence-corrected chi connectivity index (χ1v) is 8.38. The molecule has 0 aromatic rings. The number of hydrogen-bond donors (Lipinski definition) is 1. The zero-order valence-corrected chi connectivity index (χ0v) is 13.6. The summed E-state index contributed by atoms with van der Waals surface area (Å²) >= 11 is 0. The Kier molecular flexibility index (Phi) is 10.8. The first-order valence-electron chi connectivity index (χ1n) is 8.38. The van der Waals surface area contributed by atoms with Crippen LogP contribution in [0.25, 0.3) is 0 Å². The molecule has 0 saturated carbocycles. The molecule has 0 fully saturated rings. The van der Waals surface area contributed by atoms with Crippen molar-refractivity contribution in [1.29, 1.82) is 0 Å². The predicted molar refractivity (Wildman–Crippen MR) is 84.2 cm³/mol. The Labute approximate surface area is 116 Å². The smallest absolute Gasteiger partial charge is 0.0178 e. The van der Waals surface area contributed by atoms with Crippen molar-refractivity contribution in [3.8, 4) is 0 Å². The minimum atomic E-state index is 0.400. The summed E-state index contributed by atoms with van der Waals surface area (Å²) in [5.41, 5.74) is 0.400. The summed E-state index contributed by atoms with van der Waals surface area (Å²) in [7, 11) is 0. The number of hydrogen-bond acceptors (Lipinski definition) is 1. The Hall–Kier alpha value is -0.0400. The van der Waals surface area contributed by atoms with E-state index in [0.29, 0.717) is 11.6 Å². The molecule has 0 unspecified atom stereocenters. The standard InChI is InChI=1S/C17H37N/c1-6-9-10-11-12-13-14-15-17(7-2,8-3)18-16(4)5/h16,18H,6-15H2,1-5H3. The molecule has 0 aliphatic rings. The quantitative estimate of drug-likeness (QED) is 0.442. The summed E-state index contributed by atoms with van der Waals surface area (Å²) in [6, 6.07) is 0.606. The number of nitrogens with one attached hydrogen (secondary N) is 1. The van der Waals surface area contributed by atoms with Gasteiger partial charge in [-0.15, -0.1) is 0 Å². The SMILES string of the molecule is CCCCCCCCCC(CC)(CC)NC(C)C. The maximum Gasteiger partial charge on any atom is 0.0178 e. The zero-order valence-electron chi connectivity index (χ0n) is 13.6. The average Bonchev–Trinajstić information content (AvgIpc) is 2.36. The Bertz CT molecular complexity index is 170. The molecule has 1 N–H and O–H groups in total. The summed E-state index contributed by atoms with van der Waals surface area (Å²) in [6.45, 7) is 11.5. The van der Waals surface area contributed by atoms with Gasteiger partial charge < -0.3 is 5.32 Å². The normalized spacial score (nSPS) is 12.3. The van der Waals surface area contributed by atoms with Crippen LogP contribution in [0.2, 0.25) is 0 Å². The molecule has 0 heterocycles. The molecule has 0 radical (unpaired) electrons. The van der Waals surface area contributed by atoms with E-state index in [9.17, 15) is 0 Å². The highest BCUT2D eigenvalue weighted by atomic mass is 15.0. The van der Waals surface area contributed by atoms with Gasteiger partial charge in [0.1, 0.15) is 0 Å². The summed E-state index contributed by atoms with van der Waals surface area (Å²) in [5, 5.41) is 3.80. The van der Waals surface area contributed by atoms with Crippen LogP contribution in [0.3, 0.4) is 0 Å². The van der Waals surface area contributed by atoms with E-state index >= 15 is 0 Å². The minimum Gasteiger partial charge on any atom is -0.309 e. The fourth-order valence-corrected chi connectivity index (χ4v) is 2.91. The monoisotopic (exact) mass is 255 g/mol. The predicted octanol–water partition coefficient (Wildman–Crippen LogP) is 5.68. The molecule has 110 valence electrons. The van der Waals surface area contributed by atoms with E-state index < -0.39 is 0 Å². The second-order valence-electron chi connectivity index (χ2n) is 6.16. The maximum absolute atomic E-state index is 3.80. The molecule has 1 heteroatoms. The molecule has 0 bridgehead atoms. The lowest BCUT2D eigenvalue weighted by atomic mass is 9.86. The van der Waals surface area contributed by atoms with E-state index in [0.717, 1.165) is 0 Å². The molecule has 0 rings (SSSR count). The van der Waals surface area contributed by atoms with Crippen molar-refractivity contribution in [1.82, 2.24) is 5.32 Å². The first kappa shape index (κ1) is 18.0. The highest BCUT2D eigenvalue weighted by Gasteiger charge is 2.25.